The predicted octanol–water partition coefficient (Wildman–Crippen LogP) is 0.547. The maximum absolute atomic E-state index is 11.1. The quantitative estimate of drug-likeness (QED) is 0.619. The molecule has 0 aromatic carbocycles. The van der Waals surface area contributed by atoms with Gasteiger partial charge in [0.1, 0.15) is 0 Å². The maximum Gasteiger partial charge on any atom is 0.383 e. The van der Waals surface area contributed by atoms with E-state index in [-0.39, 0.29) is 10.9 Å². The zero-order chi connectivity index (χ0) is 11.4. The lowest BCUT2D eigenvalue weighted by Crippen LogP contribution is -2.09. The Morgan fingerprint density at radius 2 is 2.07 bits per heavy atom. The summed E-state index contributed by atoms with van der Waals surface area (Å²) in [4.78, 5) is 28.1. The van der Waals surface area contributed by atoms with Gasteiger partial charge >= 0.3 is 15.4 Å². The molecule has 0 saturated heterocycles. The third kappa shape index (κ3) is 5.20. The van der Waals surface area contributed by atoms with Gasteiger partial charge in [0, 0.05) is 6.92 Å². The Bertz CT molecular complexity index is 273. The molecular formula is C5H11O6P2S+. The summed E-state index contributed by atoms with van der Waals surface area (Å²) >= 11 is 0.684. The molecule has 82 valence electrons. The van der Waals surface area contributed by atoms with E-state index in [4.69, 9.17) is 14.9 Å². The van der Waals surface area contributed by atoms with Crippen LogP contribution in [0.4, 0.5) is 0 Å². The molecule has 0 aliphatic rings. The molecular weight excluding hydrogens is 250 g/mol. The first-order valence-corrected chi connectivity index (χ1v) is 7.70. The summed E-state index contributed by atoms with van der Waals surface area (Å²) in [5.74, 6) is -0.241. The van der Waals surface area contributed by atoms with Crippen molar-refractivity contribution in [2.45, 2.75) is 12.3 Å². The third-order valence-corrected chi connectivity index (χ3v) is 6.46. The highest BCUT2D eigenvalue weighted by molar-refractivity contribution is 8.14. The zero-order valence-electron chi connectivity index (χ0n) is 7.36. The average Bonchev–Trinajstić information content (AvgIpc) is 2.01. The maximum atomic E-state index is 11.1. The SMILES string of the molecule is CC(=O)SCC([P+](=O)CO)P(=O)(O)O. The van der Waals surface area contributed by atoms with E-state index in [0.29, 0.717) is 11.8 Å². The predicted molar refractivity (Wildman–Crippen MR) is 53.7 cm³/mol. The summed E-state index contributed by atoms with van der Waals surface area (Å²) in [6.45, 7) is 1.24. The highest BCUT2D eigenvalue weighted by Gasteiger charge is 2.44. The molecule has 6 nitrogen and oxygen atoms in total. The van der Waals surface area contributed by atoms with Crippen LogP contribution >= 0.6 is 27.2 Å². The highest BCUT2D eigenvalue weighted by Crippen LogP contribution is 2.54. The van der Waals surface area contributed by atoms with E-state index in [1.807, 2.05) is 0 Å². The zero-order valence-corrected chi connectivity index (χ0v) is 9.97. The normalized spacial score (nSPS) is 15.0. The minimum atomic E-state index is -4.52. The molecule has 2 atom stereocenters. The van der Waals surface area contributed by atoms with Crippen LogP contribution in [-0.4, -0.2) is 37.5 Å². The fraction of sp³-hybridized carbons (Fsp3) is 0.800. The first-order valence-electron chi connectivity index (χ1n) is 3.52. The topological polar surface area (TPSA) is 112 Å². The van der Waals surface area contributed by atoms with Crippen molar-refractivity contribution in [3.63, 3.8) is 0 Å². The molecule has 0 bridgehead atoms. The van der Waals surface area contributed by atoms with E-state index in [9.17, 15) is 13.9 Å². The molecule has 0 aromatic rings. The lowest BCUT2D eigenvalue weighted by atomic mass is 10.9. The molecule has 0 saturated carbocycles. The van der Waals surface area contributed by atoms with Crippen molar-refractivity contribution in [3.8, 4) is 0 Å². The van der Waals surface area contributed by atoms with Crippen LogP contribution in [0.5, 0.6) is 0 Å². The van der Waals surface area contributed by atoms with E-state index in [2.05, 4.69) is 0 Å². The molecule has 0 amide bonds. The van der Waals surface area contributed by atoms with Gasteiger partial charge in [-0.25, -0.2) is 0 Å². The van der Waals surface area contributed by atoms with Crippen LogP contribution < -0.4 is 0 Å². The van der Waals surface area contributed by atoms with Gasteiger partial charge in [0.15, 0.2) is 5.12 Å². The molecule has 0 fully saturated rings. The van der Waals surface area contributed by atoms with Crippen molar-refractivity contribution in [2.24, 2.45) is 0 Å². The molecule has 0 spiro atoms. The molecule has 3 N–H and O–H groups in total. The Hall–Kier alpha value is 0.230. The summed E-state index contributed by atoms with van der Waals surface area (Å²) in [6, 6.07) is 0. The molecule has 0 radical (unpaired) electrons. The van der Waals surface area contributed by atoms with E-state index >= 15 is 0 Å². The van der Waals surface area contributed by atoms with Crippen LogP contribution in [0.15, 0.2) is 0 Å². The van der Waals surface area contributed by atoms with Crippen LogP contribution in [-0.2, 0) is 13.9 Å². The summed E-state index contributed by atoms with van der Waals surface area (Å²) in [5.41, 5.74) is 0. The molecule has 0 aromatic heterocycles. The van der Waals surface area contributed by atoms with E-state index in [0.717, 1.165) is 0 Å². The number of thioether (sulfide) groups is 1. The standard InChI is InChI=1S/C5H10O6P2S/c1-4(7)14-2-5(12(8)3-6)13(9,10)11/h5-6H,2-3H2,1H3,(H-,9,10,11)/p+1. The van der Waals surface area contributed by atoms with Gasteiger partial charge in [0.05, 0.1) is 5.75 Å². The van der Waals surface area contributed by atoms with Gasteiger partial charge < -0.3 is 14.9 Å². The van der Waals surface area contributed by atoms with Gasteiger partial charge in [-0.15, -0.1) is 0 Å². The van der Waals surface area contributed by atoms with Crippen LogP contribution in [0.25, 0.3) is 0 Å². The molecule has 14 heavy (non-hydrogen) atoms. The number of aliphatic hydroxyl groups excluding tert-OH is 1. The number of aliphatic hydroxyl groups is 1. The van der Waals surface area contributed by atoms with E-state index in [1.54, 1.807) is 0 Å². The first kappa shape index (κ1) is 14.2. The first-order chi connectivity index (χ1) is 6.29. The summed E-state index contributed by atoms with van der Waals surface area (Å²) < 4.78 is 21.9. The van der Waals surface area contributed by atoms with Crippen molar-refractivity contribution in [2.75, 3.05) is 12.1 Å². The molecule has 2 unspecified atom stereocenters. The molecule has 0 rings (SSSR count). The third-order valence-electron chi connectivity index (χ3n) is 1.30. The summed E-state index contributed by atoms with van der Waals surface area (Å²) in [7, 11) is -6.91. The largest absolute Gasteiger partial charge is 0.383 e. The second-order valence-electron chi connectivity index (χ2n) is 2.43. The number of hydrogen-bond acceptors (Lipinski definition) is 5. The van der Waals surface area contributed by atoms with Crippen molar-refractivity contribution >= 4 is 32.3 Å². The van der Waals surface area contributed by atoms with Crippen molar-refractivity contribution in [1.82, 2.24) is 0 Å². The van der Waals surface area contributed by atoms with Crippen LogP contribution in [0.1, 0.15) is 6.92 Å². The fourth-order valence-electron chi connectivity index (χ4n) is 0.634. The fourth-order valence-corrected chi connectivity index (χ4v) is 4.66. The van der Waals surface area contributed by atoms with Gasteiger partial charge in [0.25, 0.3) is 5.40 Å². The van der Waals surface area contributed by atoms with Crippen molar-refractivity contribution in [3.05, 3.63) is 0 Å². The molecule has 0 aliphatic carbocycles. The van der Waals surface area contributed by atoms with Gasteiger partial charge in [-0.3, -0.25) is 9.36 Å². The summed E-state index contributed by atoms with van der Waals surface area (Å²) in [6.07, 6.45) is -0.788. The van der Waals surface area contributed by atoms with E-state index < -0.39 is 27.1 Å². The lowest BCUT2D eigenvalue weighted by Gasteiger charge is -2.06. The smallest absolute Gasteiger partial charge is 0.353 e. The minimum Gasteiger partial charge on any atom is -0.353 e. The van der Waals surface area contributed by atoms with Gasteiger partial charge in [-0.1, -0.05) is 16.3 Å². The lowest BCUT2D eigenvalue weighted by molar-refractivity contribution is -0.109. The average molecular weight is 261 g/mol. The number of carbonyl (C=O) groups excluding carboxylic acids is 1. The second-order valence-corrected chi connectivity index (χ2v) is 7.58. The second kappa shape index (κ2) is 5.95. The van der Waals surface area contributed by atoms with Crippen molar-refractivity contribution < 1.29 is 28.8 Å². The van der Waals surface area contributed by atoms with Crippen LogP contribution in [0.3, 0.4) is 0 Å². The number of carbonyl (C=O) groups is 1. The monoisotopic (exact) mass is 261 g/mol. The Morgan fingerprint density at radius 3 is 2.36 bits per heavy atom. The van der Waals surface area contributed by atoms with Gasteiger partial charge in [0.2, 0.25) is 6.35 Å². The summed E-state index contributed by atoms with van der Waals surface area (Å²) in [5, 5.41) is 6.75. The van der Waals surface area contributed by atoms with Crippen LogP contribution in [0, 0.1) is 0 Å². The van der Waals surface area contributed by atoms with Gasteiger partial charge in [-0.05, 0) is 0 Å². The molecule has 0 aliphatic heterocycles. The van der Waals surface area contributed by atoms with Gasteiger partial charge in [-0.2, -0.15) is 0 Å². The van der Waals surface area contributed by atoms with Crippen LogP contribution in [0.2, 0.25) is 0 Å². The Labute approximate surface area is 86.0 Å². The Kier molecular flexibility index (Phi) is 6.05. The molecule has 0 heterocycles. The number of hydrogen-bond donors (Lipinski definition) is 3. The Balaban J connectivity index is 4.50. The minimum absolute atomic E-state index is 0.241. The number of rotatable bonds is 5. The Morgan fingerprint density at radius 1 is 1.57 bits per heavy atom. The molecule has 9 heteroatoms. The highest BCUT2D eigenvalue weighted by atomic mass is 32.2. The van der Waals surface area contributed by atoms with E-state index in [1.165, 1.54) is 6.92 Å². The van der Waals surface area contributed by atoms with Crippen molar-refractivity contribution in [1.29, 1.82) is 0 Å².